The van der Waals surface area contributed by atoms with Gasteiger partial charge in [0.2, 0.25) is 5.89 Å². The van der Waals surface area contributed by atoms with E-state index in [2.05, 4.69) is 70.7 Å². The smallest absolute Gasteiger partial charge is 0.209 e. The van der Waals surface area contributed by atoms with Crippen molar-refractivity contribution in [1.82, 2.24) is 25.2 Å². The molecule has 6 rings (SSSR count). The molecule has 1 N–H and O–H groups in total. The van der Waals surface area contributed by atoms with E-state index in [-0.39, 0.29) is 6.04 Å². The Labute approximate surface area is 223 Å². The van der Waals surface area contributed by atoms with Gasteiger partial charge in [0.1, 0.15) is 5.52 Å². The van der Waals surface area contributed by atoms with Gasteiger partial charge in [0.05, 0.1) is 24.0 Å². The number of hydrogen-bond acceptors (Lipinski definition) is 6. The molecule has 1 aliphatic carbocycles. The molecule has 0 spiro atoms. The molecule has 0 amide bonds. The topological polar surface area (TPSA) is 67.1 Å². The standard InChI is InChI=1S/C32H33N5O/c1-23-10-15-28-30(18-23)38-31(36-28)22-37(29-9-4-6-26-7-5-17-35-32(26)29)21-25-13-11-24(12-14-25)19-33-20-27-8-2-3-16-34-27/h2-3,5,7-8,10-18,29,33H,4,6,9,19-22H2,1H3. The summed E-state index contributed by atoms with van der Waals surface area (Å²) in [5.41, 5.74) is 9.08. The first-order valence-corrected chi connectivity index (χ1v) is 13.4. The fourth-order valence-corrected chi connectivity index (χ4v) is 5.37. The molecule has 5 aromatic rings. The predicted octanol–water partition coefficient (Wildman–Crippen LogP) is 6.30. The first-order valence-electron chi connectivity index (χ1n) is 13.4. The minimum Gasteiger partial charge on any atom is -0.439 e. The number of aromatic nitrogens is 3. The zero-order chi connectivity index (χ0) is 25.7. The average Bonchev–Trinajstić information content (AvgIpc) is 3.35. The number of nitrogens with zero attached hydrogens (tertiary/aromatic N) is 4. The van der Waals surface area contributed by atoms with Gasteiger partial charge in [-0.25, -0.2) is 4.98 Å². The van der Waals surface area contributed by atoms with Gasteiger partial charge in [-0.15, -0.1) is 0 Å². The lowest BCUT2D eigenvalue weighted by atomic mass is 9.90. The molecule has 0 bridgehead atoms. The van der Waals surface area contributed by atoms with Crippen molar-refractivity contribution in [3.8, 4) is 0 Å². The van der Waals surface area contributed by atoms with Crippen molar-refractivity contribution in [2.24, 2.45) is 0 Å². The number of benzene rings is 2. The van der Waals surface area contributed by atoms with Crippen molar-refractivity contribution in [1.29, 1.82) is 0 Å². The minimum absolute atomic E-state index is 0.233. The van der Waals surface area contributed by atoms with Crippen LogP contribution in [0.15, 0.2) is 89.6 Å². The Morgan fingerprint density at radius 3 is 2.63 bits per heavy atom. The van der Waals surface area contributed by atoms with Gasteiger partial charge in [-0.05, 0) is 78.8 Å². The molecular formula is C32H33N5O. The van der Waals surface area contributed by atoms with E-state index in [0.29, 0.717) is 6.54 Å². The molecule has 0 saturated heterocycles. The van der Waals surface area contributed by atoms with Gasteiger partial charge in [-0.2, -0.15) is 0 Å². The van der Waals surface area contributed by atoms with Crippen LogP contribution in [-0.2, 0) is 32.6 Å². The van der Waals surface area contributed by atoms with Crippen LogP contribution >= 0.6 is 0 Å². The Hall–Kier alpha value is -3.87. The van der Waals surface area contributed by atoms with Crippen LogP contribution in [0.4, 0.5) is 0 Å². The fraction of sp³-hybridized carbons (Fsp3) is 0.281. The highest BCUT2D eigenvalue weighted by molar-refractivity contribution is 5.73. The molecule has 0 aliphatic heterocycles. The lowest BCUT2D eigenvalue weighted by Crippen LogP contribution is -2.31. The van der Waals surface area contributed by atoms with Crippen molar-refractivity contribution < 1.29 is 4.42 Å². The van der Waals surface area contributed by atoms with Gasteiger partial charge >= 0.3 is 0 Å². The lowest BCUT2D eigenvalue weighted by Gasteiger charge is -2.34. The van der Waals surface area contributed by atoms with E-state index < -0.39 is 0 Å². The van der Waals surface area contributed by atoms with E-state index in [0.717, 1.165) is 61.6 Å². The molecular weight excluding hydrogens is 470 g/mol. The Morgan fingerprint density at radius 2 is 1.76 bits per heavy atom. The Bertz CT molecular complexity index is 1500. The molecule has 0 fully saturated rings. The summed E-state index contributed by atoms with van der Waals surface area (Å²) in [7, 11) is 0. The maximum Gasteiger partial charge on any atom is 0.209 e. The molecule has 0 radical (unpaired) electrons. The van der Waals surface area contributed by atoms with E-state index >= 15 is 0 Å². The molecule has 0 saturated carbocycles. The van der Waals surface area contributed by atoms with Crippen molar-refractivity contribution in [2.45, 2.75) is 58.4 Å². The molecule has 1 unspecified atom stereocenters. The summed E-state index contributed by atoms with van der Waals surface area (Å²) in [5.74, 6) is 0.754. The summed E-state index contributed by atoms with van der Waals surface area (Å²) >= 11 is 0. The Kier molecular flexibility index (Phi) is 7.25. The first-order chi connectivity index (χ1) is 18.7. The van der Waals surface area contributed by atoms with E-state index in [9.17, 15) is 0 Å². The van der Waals surface area contributed by atoms with Gasteiger partial charge in [0.15, 0.2) is 5.58 Å². The Balaban J connectivity index is 1.20. The van der Waals surface area contributed by atoms with Crippen LogP contribution in [0.2, 0.25) is 0 Å². The van der Waals surface area contributed by atoms with Crippen molar-refractivity contribution in [2.75, 3.05) is 0 Å². The molecule has 3 aromatic heterocycles. The minimum atomic E-state index is 0.233. The van der Waals surface area contributed by atoms with Gasteiger partial charge in [-0.1, -0.05) is 42.5 Å². The number of fused-ring (bicyclic) bond motifs is 2. The van der Waals surface area contributed by atoms with Crippen molar-refractivity contribution in [3.05, 3.63) is 125 Å². The van der Waals surface area contributed by atoms with Crippen LogP contribution in [-0.4, -0.2) is 19.9 Å². The summed E-state index contributed by atoms with van der Waals surface area (Å²) < 4.78 is 6.21. The normalized spacial score (nSPS) is 15.2. The molecule has 38 heavy (non-hydrogen) atoms. The second-order valence-corrected chi connectivity index (χ2v) is 10.2. The molecule has 6 heteroatoms. The first kappa shape index (κ1) is 24.5. The van der Waals surface area contributed by atoms with Crippen LogP contribution in [0.5, 0.6) is 0 Å². The number of rotatable bonds is 9. The predicted molar refractivity (Wildman–Crippen MR) is 149 cm³/mol. The van der Waals surface area contributed by atoms with E-state index in [1.54, 1.807) is 0 Å². The highest BCUT2D eigenvalue weighted by atomic mass is 16.3. The summed E-state index contributed by atoms with van der Waals surface area (Å²) in [6.07, 6.45) is 7.09. The van der Waals surface area contributed by atoms with E-state index in [1.165, 1.54) is 27.9 Å². The molecule has 192 valence electrons. The number of pyridine rings is 2. The summed E-state index contributed by atoms with van der Waals surface area (Å²) in [4.78, 5) is 16.5. The summed E-state index contributed by atoms with van der Waals surface area (Å²) in [6.45, 7) is 5.09. The number of aryl methyl sites for hydroxylation is 2. The maximum absolute atomic E-state index is 6.21. The number of nitrogens with one attached hydrogen (secondary N) is 1. The van der Waals surface area contributed by atoms with Gasteiger partial charge in [-0.3, -0.25) is 14.9 Å². The van der Waals surface area contributed by atoms with Crippen LogP contribution in [0.3, 0.4) is 0 Å². The molecule has 2 aromatic carbocycles. The second-order valence-electron chi connectivity index (χ2n) is 10.2. The van der Waals surface area contributed by atoms with Crippen LogP contribution in [0, 0.1) is 6.92 Å². The monoisotopic (exact) mass is 503 g/mol. The Morgan fingerprint density at radius 1 is 0.895 bits per heavy atom. The SMILES string of the molecule is Cc1ccc2nc(CN(Cc3ccc(CNCc4ccccn4)cc3)C3CCCc4cccnc43)oc2c1. The average molecular weight is 504 g/mol. The van der Waals surface area contributed by atoms with E-state index in [4.69, 9.17) is 14.4 Å². The van der Waals surface area contributed by atoms with Crippen LogP contribution in [0.25, 0.3) is 11.1 Å². The molecule has 3 heterocycles. The third kappa shape index (κ3) is 5.67. The van der Waals surface area contributed by atoms with Crippen LogP contribution in [0.1, 0.15) is 58.4 Å². The largest absolute Gasteiger partial charge is 0.439 e. The quantitative estimate of drug-likeness (QED) is 0.255. The molecule has 1 atom stereocenters. The maximum atomic E-state index is 6.21. The third-order valence-corrected chi connectivity index (χ3v) is 7.30. The van der Waals surface area contributed by atoms with Crippen molar-refractivity contribution >= 4 is 11.1 Å². The van der Waals surface area contributed by atoms with Crippen LogP contribution < -0.4 is 5.32 Å². The third-order valence-electron chi connectivity index (χ3n) is 7.30. The summed E-state index contributed by atoms with van der Waals surface area (Å²) in [5, 5.41) is 3.49. The fourth-order valence-electron chi connectivity index (χ4n) is 5.37. The lowest BCUT2D eigenvalue weighted by molar-refractivity contribution is 0.143. The second kappa shape index (κ2) is 11.3. The van der Waals surface area contributed by atoms with Gasteiger partial charge in [0.25, 0.3) is 0 Å². The molecule has 6 nitrogen and oxygen atoms in total. The van der Waals surface area contributed by atoms with Gasteiger partial charge in [0, 0.05) is 32.0 Å². The van der Waals surface area contributed by atoms with Gasteiger partial charge < -0.3 is 9.73 Å². The number of hydrogen-bond donors (Lipinski definition) is 1. The van der Waals surface area contributed by atoms with E-state index in [1.807, 2.05) is 36.7 Å². The van der Waals surface area contributed by atoms with Crippen molar-refractivity contribution in [3.63, 3.8) is 0 Å². The number of oxazole rings is 1. The summed E-state index contributed by atoms with van der Waals surface area (Å²) in [6, 6.07) is 25.6. The molecule has 1 aliphatic rings. The highest BCUT2D eigenvalue weighted by Crippen LogP contribution is 2.35. The zero-order valence-electron chi connectivity index (χ0n) is 21.8. The zero-order valence-corrected chi connectivity index (χ0v) is 21.8. The highest BCUT2D eigenvalue weighted by Gasteiger charge is 2.28.